The van der Waals surface area contributed by atoms with Gasteiger partial charge in [0.05, 0.1) is 11.6 Å². The maximum absolute atomic E-state index is 13.2. The lowest BCUT2D eigenvalue weighted by Gasteiger charge is -2.30. The van der Waals surface area contributed by atoms with Crippen LogP contribution >= 0.6 is 0 Å². The molecule has 1 fully saturated rings. The van der Waals surface area contributed by atoms with Gasteiger partial charge in [-0.25, -0.2) is 15.0 Å². The SMILES string of the molecule is CC(OC(=O)C(c1cnc(C2CC2)nc1)C(C)(C)C)c1cccc(Oc2ccccc2)n1. The zero-order valence-corrected chi connectivity index (χ0v) is 19.0. The van der Waals surface area contributed by atoms with Gasteiger partial charge in [0.2, 0.25) is 5.88 Å². The summed E-state index contributed by atoms with van der Waals surface area (Å²) in [5, 5.41) is 0. The Morgan fingerprint density at radius 2 is 1.69 bits per heavy atom. The number of hydrogen-bond donors (Lipinski definition) is 0. The average molecular weight is 432 g/mol. The fourth-order valence-corrected chi connectivity index (χ4v) is 3.67. The average Bonchev–Trinajstić information content (AvgIpc) is 3.60. The molecule has 1 aromatic carbocycles. The summed E-state index contributed by atoms with van der Waals surface area (Å²) < 4.78 is 11.7. The highest BCUT2D eigenvalue weighted by molar-refractivity contribution is 5.79. The van der Waals surface area contributed by atoms with Crippen molar-refractivity contribution in [2.45, 2.75) is 58.5 Å². The summed E-state index contributed by atoms with van der Waals surface area (Å²) in [5.41, 5.74) is 1.04. The van der Waals surface area contributed by atoms with Crippen molar-refractivity contribution in [2.75, 3.05) is 0 Å². The highest BCUT2D eigenvalue weighted by atomic mass is 16.5. The summed E-state index contributed by atoms with van der Waals surface area (Å²) in [6.07, 6.45) is 5.30. The minimum absolute atomic E-state index is 0.316. The maximum Gasteiger partial charge on any atom is 0.314 e. The molecule has 0 N–H and O–H groups in total. The number of esters is 1. The van der Waals surface area contributed by atoms with E-state index in [1.54, 1.807) is 18.5 Å². The molecule has 4 rings (SSSR count). The first-order chi connectivity index (χ1) is 15.3. The highest BCUT2D eigenvalue weighted by Crippen LogP contribution is 2.40. The van der Waals surface area contributed by atoms with E-state index < -0.39 is 12.0 Å². The number of carbonyl (C=O) groups is 1. The van der Waals surface area contributed by atoms with E-state index in [4.69, 9.17) is 9.47 Å². The van der Waals surface area contributed by atoms with Crippen molar-refractivity contribution in [1.82, 2.24) is 15.0 Å². The molecule has 1 saturated carbocycles. The van der Waals surface area contributed by atoms with E-state index in [-0.39, 0.29) is 11.4 Å². The molecule has 6 heteroatoms. The molecule has 2 unspecified atom stereocenters. The molecular formula is C26H29N3O3. The normalized spacial score (nSPS) is 15.6. The van der Waals surface area contributed by atoms with E-state index >= 15 is 0 Å². The van der Waals surface area contributed by atoms with Crippen molar-refractivity contribution in [3.8, 4) is 11.6 Å². The molecule has 2 atom stereocenters. The van der Waals surface area contributed by atoms with Crippen LogP contribution in [0.5, 0.6) is 11.6 Å². The largest absolute Gasteiger partial charge is 0.456 e. The van der Waals surface area contributed by atoms with Crippen molar-refractivity contribution in [1.29, 1.82) is 0 Å². The Balaban J connectivity index is 1.48. The lowest BCUT2D eigenvalue weighted by molar-refractivity contribution is -0.153. The summed E-state index contributed by atoms with van der Waals surface area (Å²) in [6, 6.07) is 14.9. The molecule has 166 valence electrons. The molecule has 1 aliphatic carbocycles. The second kappa shape index (κ2) is 9.07. The first-order valence-corrected chi connectivity index (χ1v) is 11.0. The van der Waals surface area contributed by atoms with Crippen molar-refractivity contribution < 1.29 is 14.3 Å². The first-order valence-electron chi connectivity index (χ1n) is 11.0. The molecule has 3 aromatic rings. The van der Waals surface area contributed by atoms with Crippen LogP contribution in [0.1, 0.15) is 75.6 Å². The maximum atomic E-state index is 13.2. The standard InChI is InChI=1S/C26H29N3O3/c1-17(21-11-8-12-22(29-21)32-20-9-6-5-7-10-20)31-25(30)23(26(2,3)4)19-15-27-24(28-16-19)18-13-14-18/h5-12,15-18,23H,13-14H2,1-4H3. The lowest BCUT2D eigenvalue weighted by Crippen LogP contribution is -2.29. The van der Waals surface area contributed by atoms with Gasteiger partial charge in [0.25, 0.3) is 0 Å². The predicted molar refractivity (Wildman–Crippen MR) is 121 cm³/mol. The number of aromatic nitrogens is 3. The van der Waals surface area contributed by atoms with E-state index in [1.807, 2.05) is 70.2 Å². The number of ether oxygens (including phenoxy) is 2. The van der Waals surface area contributed by atoms with Crippen LogP contribution in [-0.2, 0) is 9.53 Å². The van der Waals surface area contributed by atoms with E-state index in [2.05, 4.69) is 15.0 Å². The Bertz CT molecular complexity index is 1060. The van der Waals surface area contributed by atoms with E-state index in [0.29, 0.717) is 23.2 Å². The number of hydrogen-bond acceptors (Lipinski definition) is 6. The van der Waals surface area contributed by atoms with Crippen LogP contribution in [0, 0.1) is 5.41 Å². The summed E-state index contributed by atoms with van der Waals surface area (Å²) in [5.74, 6) is 1.69. The fraction of sp³-hybridized carbons (Fsp3) is 0.385. The smallest absolute Gasteiger partial charge is 0.314 e. The molecule has 0 aliphatic heterocycles. The van der Waals surface area contributed by atoms with Crippen LogP contribution in [0.25, 0.3) is 0 Å². The molecule has 2 aromatic heterocycles. The second-order valence-corrected chi connectivity index (χ2v) is 9.34. The highest BCUT2D eigenvalue weighted by Gasteiger charge is 2.36. The minimum Gasteiger partial charge on any atom is -0.456 e. The summed E-state index contributed by atoms with van der Waals surface area (Å²) in [6.45, 7) is 7.87. The predicted octanol–water partition coefficient (Wildman–Crippen LogP) is 5.98. The van der Waals surface area contributed by atoms with Gasteiger partial charge in [-0.2, -0.15) is 0 Å². The minimum atomic E-state index is -0.529. The van der Waals surface area contributed by atoms with Gasteiger partial charge in [-0.15, -0.1) is 0 Å². The number of pyridine rings is 1. The van der Waals surface area contributed by atoms with E-state index in [0.717, 1.165) is 24.2 Å². The topological polar surface area (TPSA) is 74.2 Å². The Labute approximate surface area is 189 Å². The van der Waals surface area contributed by atoms with Crippen LogP contribution in [-0.4, -0.2) is 20.9 Å². The number of carbonyl (C=O) groups excluding carboxylic acids is 1. The van der Waals surface area contributed by atoms with Crippen LogP contribution in [0.3, 0.4) is 0 Å². The van der Waals surface area contributed by atoms with Gasteiger partial charge in [-0.05, 0) is 43.4 Å². The molecule has 2 heterocycles. The third kappa shape index (κ3) is 5.31. The number of benzene rings is 1. The molecule has 0 spiro atoms. The number of para-hydroxylation sites is 1. The monoisotopic (exact) mass is 431 g/mol. The van der Waals surface area contributed by atoms with Gasteiger partial charge in [0.1, 0.15) is 17.7 Å². The summed E-state index contributed by atoms with van der Waals surface area (Å²) >= 11 is 0. The lowest BCUT2D eigenvalue weighted by atomic mass is 9.77. The third-order valence-corrected chi connectivity index (χ3v) is 5.49. The zero-order chi connectivity index (χ0) is 22.7. The van der Waals surface area contributed by atoms with Gasteiger partial charge >= 0.3 is 5.97 Å². The van der Waals surface area contributed by atoms with Crippen LogP contribution in [0.15, 0.2) is 60.9 Å². The Morgan fingerprint density at radius 1 is 1.00 bits per heavy atom. The second-order valence-electron chi connectivity index (χ2n) is 9.34. The van der Waals surface area contributed by atoms with Gasteiger partial charge in [0.15, 0.2) is 0 Å². The molecule has 6 nitrogen and oxygen atoms in total. The molecule has 0 saturated heterocycles. The molecule has 1 aliphatic rings. The molecule has 0 amide bonds. The Morgan fingerprint density at radius 3 is 2.31 bits per heavy atom. The molecule has 32 heavy (non-hydrogen) atoms. The van der Waals surface area contributed by atoms with Crippen molar-refractivity contribution in [3.05, 3.63) is 78.0 Å². The number of nitrogens with zero attached hydrogens (tertiary/aromatic N) is 3. The number of rotatable bonds is 7. The summed E-state index contributed by atoms with van der Waals surface area (Å²) in [7, 11) is 0. The Hall–Kier alpha value is -3.28. The van der Waals surface area contributed by atoms with Crippen molar-refractivity contribution in [3.63, 3.8) is 0 Å². The fourth-order valence-electron chi connectivity index (χ4n) is 3.67. The quantitative estimate of drug-likeness (QED) is 0.429. The van der Waals surface area contributed by atoms with Gasteiger partial charge in [-0.1, -0.05) is 45.0 Å². The van der Waals surface area contributed by atoms with Gasteiger partial charge in [-0.3, -0.25) is 4.79 Å². The summed E-state index contributed by atoms with van der Waals surface area (Å²) in [4.78, 5) is 26.8. The van der Waals surface area contributed by atoms with Crippen LogP contribution in [0.2, 0.25) is 0 Å². The van der Waals surface area contributed by atoms with Crippen LogP contribution < -0.4 is 4.74 Å². The zero-order valence-electron chi connectivity index (χ0n) is 19.0. The molecule has 0 radical (unpaired) electrons. The van der Waals surface area contributed by atoms with Crippen molar-refractivity contribution in [2.24, 2.45) is 5.41 Å². The van der Waals surface area contributed by atoms with Crippen LogP contribution in [0.4, 0.5) is 0 Å². The molecular weight excluding hydrogens is 402 g/mol. The third-order valence-electron chi connectivity index (χ3n) is 5.49. The van der Waals surface area contributed by atoms with E-state index in [1.165, 1.54) is 0 Å². The molecule has 0 bridgehead atoms. The van der Waals surface area contributed by atoms with Crippen molar-refractivity contribution >= 4 is 5.97 Å². The first kappa shape index (κ1) is 21.9. The Kier molecular flexibility index (Phi) is 6.21. The van der Waals surface area contributed by atoms with Gasteiger partial charge < -0.3 is 9.47 Å². The van der Waals surface area contributed by atoms with E-state index in [9.17, 15) is 4.79 Å². The van der Waals surface area contributed by atoms with Gasteiger partial charge in [0, 0.05) is 29.9 Å².